The van der Waals surface area contributed by atoms with E-state index in [1.54, 1.807) is 6.07 Å². The van der Waals surface area contributed by atoms with Crippen LogP contribution in [0.2, 0.25) is 5.02 Å². The van der Waals surface area contributed by atoms with Gasteiger partial charge in [0.15, 0.2) is 0 Å². The van der Waals surface area contributed by atoms with Crippen LogP contribution < -0.4 is 15.0 Å². The summed E-state index contributed by atoms with van der Waals surface area (Å²) in [5.74, 6) is -0.400. The largest absolute Gasteiger partial charge is 0.494 e. The molecule has 2 N–H and O–H groups in total. The molecule has 1 atom stereocenters. The minimum Gasteiger partial charge on any atom is -0.494 e. The smallest absolute Gasteiger partial charge is 0.257 e. The number of carbonyl (C=O) groups is 2. The Balaban J connectivity index is 1.60. The van der Waals surface area contributed by atoms with Crippen molar-refractivity contribution in [2.75, 3.05) is 16.8 Å². The SMILES string of the molecule is CCOc1cc2c3c(c1)C(c1c(-c4ccccc4)[nH]c(C)c1C(=O)Nc1ccc(C)c(Cl)c1)C(=O)N3C(C)(C)C=C2C. The first-order valence-electron chi connectivity index (χ1n) is 14.2. The van der Waals surface area contributed by atoms with Gasteiger partial charge in [0, 0.05) is 27.5 Å². The summed E-state index contributed by atoms with van der Waals surface area (Å²) >= 11 is 6.38. The molecule has 0 radical (unpaired) electrons. The number of amides is 2. The molecule has 0 spiro atoms. The van der Waals surface area contributed by atoms with Gasteiger partial charge in [-0.25, -0.2) is 0 Å². The van der Waals surface area contributed by atoms with Crippen molar-refractivity contribution in [3.8, 4) is 17.0 Å². The summed E-state index contributed by atoms with van der Waals surface area (Å²) in [5.41, 5.74) is 8.15. The molecule has 0 fully saturated rings. The van der Waals surface area contributed by atoms with Gasteiger partial charge in [-0.15, -0.1) is 0 Å². The predicted molar refractivity (Wildman–Crippen MR) is 170 cm³/mol. The highest BCUT2D eigenvalue weighted by molar-refractivity contribution is 6.31. The first-order valence-corrected chi connectivity index (χ1v) is 14.6. The van der Waals surface area contributed by atoms with Crippen LogP contribution in [0.25, 0.3) is 16.8 Å². The first kappa shape index (κ1) is 27.9. The molecule has 6 rings (SSSR count). The predicted octanol–water partition coefficient (Wildman–Crippen LogP) is 8.28. The molecule has 3 heterocycles. The highest BCUT2D eigenvalue weighted by Crippen LogP contribution is 2.54. The fourth-order valence-electron chi connectivity index (χ4n) is 6.47. The molecule has 2 amide bonds. The van der Waals surface area contributed by atoms with E-state index in [0.29, 0.717) is 39.9 Å². The Morgan fingerprint density at radius 3 is 2.50 bits per heavy atom. The zero-order chi connectivity index (χ0) is 29.9. The topological polar surface area (TPSA) is 74.4 Å². The van der Waals surface area contributed by atoms with Crippen molar-refractivity contribution in [3.05, 3.63) is 105 Å². The Morgan fingerprint density at radius 1 is 1.07 bits per heavy atom. The van der Waals surface area contributed by atoms with Crippen LogP contribution in [0.1, 0.15) is 71.9 Å². The lowest BCUT2D eigenvalue weighted by atomic mass is 9.85. The highest BCUT2D eigenvalue weighted by Gasteiger charge is 2.50. The molecule has 42 heavy (non-hydrogen) atoms. The summed E-state index contributed by atoms with van der Waals surface area (Å²) in [6.07, 6.45) is 2.13. The molecule has 214 valence electrons. The van der Waals surface area contributed by atoms with Gasteiger partial charge >= 0.3 is 0 Å². The Labute approximate surface area is 251 Å². The van der Waals surface area contributed by atoms with Gasteiger partial charge in [-0.05, 0) is 88.1 Å². The number of nitrogens with one attached hydrogen (secondary N) is 2. The fraction of sp³-hybridized carbons (Fsp3) is 0.257. The van der Waals surface area contributed by atoms with Crippen LogP contribution in [0.5, 0.6) is 5.75 Å². The maximum atomic E-state index is 14.7. The molecule has 6 nitrogen and oxygen atoms in total. The van der Waals surface area contributed by atoms with E-state index in [4.69, 9.17) is 16.3 Å². The van der Waals surface area contributed by atoms with Gasteiger partial charge in [0.25, 0.3) is 5.91 Å². The number of hydrogen-bond donors (Lipinski definition) is 2. The van der Waals surface area contributed by atoms with Gasteiger partial charge in [0.2, 0.25) is 5.91 Å². The van der Waals surface area contributed by atoms with Crippen molar-refractivity contribution >= 4 is 40.4 Å². The second kappa shape index (κ2) is 10.2. The molecule has 0 bridgehead atoms. The van der Waals surface area contributed by atoms with Crippen LogP contribution in [0, 0.1) is 13.8 Å². The number of anilines is 2. The second-order valence-electron chi connectivity index (χ2n) is 11.6. The van der Waals surface area contributed by atoms with E-state index in [1.807, 2.05) is 80.3 Å². The third kappa shape index (κ3) is 4.42. The van der Waals surface area contributed by atoms with Crippen LogP contribution in [-0.2, 0) is 4.79 Å². The third-order valence-electron chi connectivity index (χ3n) is 8.23. The van der Waals surface area contributed by atoms with Gasteiger partial charge in [-0.2, -0.15) is 0 Å². The number of halogens is 1. The number of hydrogen-bond acceptors (Lipinski definition) is 3. The van der Waals surface area contributed by atoms with Gasteiger partial charge in [0.05, 0.1) is 35.0 Å². The average molecular weight is 580 g/mol. The Bertz CT molecular complexity index is 1780. The minimum atomic E-state index is -0.722. The van der Waals surface area contributed by atoms with Crippen molar-refractivity contribution in [3.63, 3.8) is 0 Å². The van der Waals surface area contributed by atoms with Gasteiger partial charge in [0.1, 0.15) is 5.75 Å². The van der Waals surface area contributed by atoms with Crippen LogP contribution in [-0.4, -0.2) is 28.9 Å². The number of ether oxygens (including phenoxy) is 1. The Kier molecular flexibility index (Phi) is 6.77. The van der Waals surface area contributed by atoms with Gasteiger partial charge < -0.3 is 19.9 Å². The lowest BCUT2D eigenvalue weighted by Crippen LogP contribution is -2.47. The number of allylic oxidation sites excluding steroid dienone is 1. The van der Waals surface area contributed by atoms with Crippen LogP contribution in [0.3, 0.4) is 0 Å². The van der Waals surface area contributed by atoms with E-state index in [9.17, 15) is 9.59 Å². The number of aromatic amines is 1. The normalized spacial score (nSPS) is 16.7. The van der Waals surface area contributed by atoms with E-state index in [2.05, 4.69) is 37.1 Å². The quantitative estimate of drug-likeness (QED) is 0.241. The van der Waals surface area contributed by atoms with Crippen molar-refractivity contribution in [2.24, 2.45) is 0 Å². The Morgan fingerprint density at radius 2 is 1.81 bits per heavy atom. The monoisotopic (exact) mass is 579 g/mol. The average Bonchev–Trinajstić information content (AvgIpc) is 3.43. The van der Waals surface area contributed by atoms with Crippen LogP contribution >= 0.6 is 11.6 Å². The van der Waals surface area contributed by atoms with E-state index in [1.165, 1.54) is 0 Å². The van der Waals surface area contributed by atoms with E-state index < -0.39 is 11.5 Å². The number of H-pyrrole nitrogens is 1. The molecule has 3 aromatic carbocycles. The number of aryl methyl sites for hydroxylation is 2. The molecule has 2 aliphatic heterocycles. The van der Waals surface area contributed by atoms with E-state index in [0.717, 1.165) is 39.2 Å². The molecule has 4 aromatic rings. The lowest BCUT2D eigenvalue weighted by Gasteiger charge is -2.39. The number of aromatic nitrogens is 1. The van der Waals surface area contributed by atoms with E-state index >= 15 is 0 Å². The van der Waals surface area contributed by atoms with Gasteiger partial charge in [-0.1, -0.05) is 54.1 Å². The lowest BCUT2D eigenvalue weighted by molar-refractivity contribution is -0.119. The van der Waals surface area contributed by atoms with Crippen molar-refractivity contribution in [1.29, 1.82) is 0 Å². The molecule has 0 aliphatic carbocycles. The molecule has 2 aliphatic rings. The summed E-state index contributed by atoms with van der Waals surface area (Å²) in [6.45, 7) is 12.4. The summed E-state index contributed by atoms with van der Waals surface area (Å²) in [7, 11) is 0. The number of benzene rings is 3. The maximum Gasteiger partial charge on any atom is 0.257 e. The first-order chi connectivity index (χ1) is 20.0. The second-order valence-corrected chi connectivity index (χ2v) is 12.0. The van der Waals surface area contributed by atoms with E-state index in [-0.39, 0.29) is 11.8 Å². The summed E-state index contributed by atoms with van der Waals surface area (Å²) in [5, 5.41) is 3.60. The summed E-state index contributed by atoms with van der Waals surface area (Å²) in [4.78, 5) is 34.2. The van der Waals surface area contributed by atoms with Crippen LogP contribution in [0.4, 0.5) is 11.4 Å². The molecule has 1 aromatic heterocycles. The van der Waals surface area contributed by atoms with Crippen molar-refractivity contribution < 1.29 is 14.3 Å². The summed E-state index contributed by atoms with van der Waals surface area (Å²) < 4.78 is 5.99. The third-order valence-corrected chi connectivity index (χ3v) is 8.64. The minimum absolute atomic E-state index is 0.0720. The standard InChI is InChI=1S/C35H34ClN3O3/c1-7-42-24-16-25-20(3)18-35(5,6)39-32(25)26(17-24)29(34(39)41)30-28(21(4)37-31(30)22-11-9-8-10-12-22)33(40)38-23-14-13-19(2)27(36)15-23/h8-18,29,37H,7H2,1-6H3,(H,38,40). The van der Waals surface area contributed by atoms with Gasteiger partial charge in [-0.3, -0.25) is 9.59 Å². The number of rotatable bonds is 6. The fourth-order valence-corrected chi connectivity index (χ4v) is 6.65. The molecule has 1 unspecified atom stereocenters. The summed E-state index contributed by atoms with van der Waals surface area (Å²) in [6, 6.07) is 19.3. The highest BCUT2D eigenvalue weighted by atomic mass is 35.5. The molecule has 0 saturated heterocycles. The Hall–Kier alpha value is -4.29. The van der Waals surface area contributed by atoms with Crippen molar-refractivity contribution in [1.82, 2.24) is 4.98 Å². The number of nitrogens with zero attached hydrogens (tertiary/aromatic N) is 1. The van der Waals surface area contributed by atoms with Crippen LogP contribution in [0.15, 0.2) is 66.7 Å². The van der Waals surface area contributed by atoms with Crippen molar-refractivity contribution in [2.45, 2.75) is 53.0 Å². The zero-order valence-corrected chi connectivity index (χ0v) is 25.4. The number of carbonyl (C=O) groups excluding carboxylic acids is 2. The molecule has 7 heteroatoms. The zero-order valence-electron chi connectivity index (χ0n) is 24.7. The molecule has 0 saturated carbocycles. The molecular formula is C35H34ClN3O3. The molecular weight excluding hydrogens is 546 g/mol. The maximum absolute atomic E-state index is 14.7.